The van der Waals surface area contributed by atoms with Crippen molar-refractivity contribution in [2.24, 2.45) is 0 Å². The van der Waals surface area contributed by atoms with Gasteiger partial charge in [0.25, 0.3) is 11.6 Å². The molecular weight excluding hydrogens is 316 g/mol. The van der Waals surface area contributed by atoms with E-state index in [1.165, 1.54) is 12.1 Å². The van der Waals surface area contributed by atoms with Crippen molar-refractivity contribution in [1.82, 2.24) is 0 Å². The number of hydrogen-bond donors (Lipinski definition) is 1. The number of aryl methyl sites for hydroxylation is 3. The summed E-state index contributed by atoms with van der Waals surface area (Å²) in [6.07, 6.45) is 0.576. The molecule has 0 aliphatic carbocycles. The minimum absolute atomic E-state index is 0.0238. The molecule has 0 aromatic heterocycles. The Bertz CT molecular complexity index is 788. The molecule has 5 nitrogen and oxygen atoms in total. The minimum atomic E-state index is -0.433. The molecule has 2 aromatic rings. The van der Waals surface area contributed by atoms with Crippen LogP contribution in [0.15, 0.2) is 30.3 Å². The lowest BCUT2D eigenvalue weighted by Crippen LogP contribution is -2.14. The largest absolute Gasteiger partial charge is 0.321 e. The molecule has 0 spiro atoms. The summed E-state index contributed by atoms with van der Waals surface area (Å²) >= 11 is 6.05. The van der Waals surface area contributed by atoms with Gasteiger partial charge in [-0.2, -0.15) is 0 Å². The maximum Gasteiger partial charge on any atom is 0.270 e. The summed E-state index contributed by atoms with van der Waals surface area (Å²) in [5.74, 6) is -0.293. The molecular formula is C17H17ClN2O3. The van der Waals surface area contributed by atoms with E-state index in [-0.39, 0.29) is 11.6 Å². The highest BCUT2D eigenvalue weighted by Crippen LogP contribution is 2.28. The zero-order valence-electron chi connectivity index (χ0n) is 13.1. The molecule has 0 atom stereocenters. The van der Waals surface area contributed by atoms with Gasteiger partial charge in [-0.1, -0.05) is 24.6 Å². The molecule has 0 saturated heterocycles. The van der Waals surface area contributed by atoms with E-state index in [0.29, 0.717) is 28.3 Å². The van der Waals surface area contributed by atoms with E-state index in [1.54, 1.807) is 25.1 Å². The van der Waals surface area contributed by atoms with Gasteiger partial charge in [0, 0.05) is 28.4 Å². The number of rotatable bonds is 4. The van der Waals surface area contributed by atoms with Gasteiger partial charge in [-0.15, -0.1) is 0 Å². The first-order chi connectivity index (χ1) is 10.8. The monoisotopic (exact) mass is 332 g/mol. The fraction of sp³-hybridized carbons (Fsp3) is 0.235. The van der Waals surface area contributed by atoms with E-state index in [1.807, 2.05) is 13.8 Å². The number of carbonyl (C=O) groups is 1. The van der Waals surface area contributed by atoms with Gasteiger partial charge in [-0.05, 0) is 49.1 Å². The summed E-state index contributed by atoms with van der Waals surface area (Å²) in [5.41, 5.74) is 3.35. The van der Waals surface area contributed by atoms with Crippen molar-refractivity contribution in [1.29, 1.82) is 0 Å². The van der Waals surface area contributed by atoms with Crippen LogP contribution in [0.4, 0.5) is 11.4 Å². The molecule has 0 unspecified atom stereocenters. The van der Waals surface area contributed by atoms with Crippen LogP contribution in [0.5, 0.6) is 0 Å². The molecule has 0 saturated carbocycles. The molecule has 120 valence electrons. The quantitative estimate of drug-likeness (QED) is 0.652. The molecule has 0 radical (unpaired) electrons. The summed E-state index contributed by atoms with van der Waals surface area (Å²) in [7, 11) is 0. The van der Waals surface area contributed by atoms with Gasteiger partial charge in [0.15, 0.2) is 0 Å². The molecule has 2 aromatic carbocycles. The van der Waals surface area contributed by atoms with Crippen LogP contribution in [0.3, 0.4) is 0 Å². The molecule has 0 heterocycles. The van der Waals surface area contributed by atoms with Gasteiger partial charge >= 0.3 is 0 Å². The average Bonchev–Trinajstić information content (AvgIpc) is 2.51. The number of halogens is 1. The van der Waals surface area contributed by atoms with Crippen LogP contribution in [0.2, 0.25) is 5.02 Å². The van der Waals surface area contributed by atoms with Crippen molar-refractivity contribution in [2.45, 2.75) is 27.2 Å². The topological polar surface area (TPSA) is 72.2 Å². The Morgan fingerprint density at radius 2 is 1.91 bits per heavy atom. The van der Waals surface area contributed by atoms with Gasteiger partial charge in [0.2, 0.25) is 0 Å². The van der Waals surface area contributed by atoms with Crippen molar-refractivity contribution in [3.8, 4) is 0 Å². The molecule has 0 aliphatic heterocycles. The van der Waals surface area contributed by atoms with Crippen molar-refractivity contribution in [2.75, 3.05) is 5.32 Å². The first-order valence-electron chi connectivity index (χ1n) is 7.19. The fourth-order valence-corrected chi connectivity index (χ4v) is 2.50. The molecule has 6 heteroatoms. The minimum Gasteiger partial charge on any atom is -0.321 e. The normalized spacial score (nSPS) is 10.4. The Morgan fingerprint density at radius 3 is 2.48 bits per heavy atom. The second-order valence-corrected chi connectivity index (χ2v) is 5.73. The smallest absolute Gasteiger partial charge is 0.270 e. The lowest BCUT2D eigenvalue weighted by molar-refractivity contribution is -0.384. The van der Waals surface area contributed by atoms with Gasteiger partial charge in [-0.3, -0.25) is 14.9 Å². The number of hydrogen-bond acceptors (Lipinski definition) is 3. The summed E-state index contributed by atoms with van der Waals surface area (Å²) in [4.78, 5) is 22.9. The third-order valence-corrected chi connectivity index (χ3v) is 4.07. The third kappa shape index (κ3) is 3.68. The average molecular weight is 333 g/mol. The number of anilines is 1. The molecule has 1 amide bonds. The highest BCUT2D eigenvalue weighted by Gasteiger charge is 2.16. The molecule has 0 aliphatic rings. The van der Waals surface area contributed by atoms with E-state index in [4.69, 9.17) is 11.6 Å². The predicted octanol–water partition coefficient (Wildman–Crippen LogP) is 4.68. The van der Waals surface area contributed by atoms with Crippen LogP contribution < -0.4 is 5.32 Å². The number of benzene rings is 2. The standard InChI is InChI=1S/C17H17ClN2O3/c1-4-12-8-14(20(22)23)7-11(3)16(12)19-17(21)13-6-5-10(2)15(18)9-13/h5-9H,4H2,1-3H3,(H,19,21). The first kappa shape index (κ1) is 17.0. The number of amides is 1. The van der Waals surface area contributed by atoms with Gasteiger partial charge in [0.05, 0.1) is 4.92 Å². The lowest BCUT2D eigenvalue weighted by Gasteiger charge is -2.13. The van der Waals surface area contributed by atoms with Crippen LogP contribution >= 0.6 is 11.6 Å². The molecule has 23 heavy (non-hydrogen) atoms. The molecule has 0 bridgehead atoms. The summed E-state index contributed by atoms with van der Waals surface area (Å²) < 4.78 is 0. The van der Waals surface area contributed by atoms with E-state index in [2.05, 4.69) is 5.32 Å². The first-order valence-corrected chi connectivity index (χ1v) is 7.56. The van der Waals surface area contributed by atoms with Crippen molar-refractivity contribution in [3.63, 3.8) is 0 Å². The van der Waals surface area contributed by atoms with Gasteiger partial charge in [0.1, 0.15) is 0 Å². The van der Waals surface area contributed by atoms with Crippen LogP contribution in [0.1, 0.15) is 34.0 Å². The highest BCUT2D eigenvalue weighted by atomic mass is 35.5. The Balaban J connectivity index is 2.37. The maximum atomic E-state index is 12.4. The van der Waals surface area contributed by atoms with Gasteiger partial charge in [-0.25, -0.2) is 0 Å². The zero-order valence-corrected chi connectivity index (χ0v) is 13.9. The zero-order chi connectivity index (χ0) is 17.1. The van der Waals surface area contributed by atoms with E-state index < -0.39 is 4.92 Å². The second kappa shape index (κ2) is 6.79. The van der Waals surface area contributed by atoms with Crippen LogP contribution in [-0.4, -0.2) is 10.8 Å². The third-order valence-electron chi connectivity index (χ3n) is 3.67. The van der Waals surface area contributed by atoms with Crippen LogP contribution in [-0.2, 0) is 6.42 Å². The number of carbonyl (C=O) groups excluding carboxylic acids is 1. The fourth-order valence-electron chi connectivity index (χ4n) is 2.32. The van der Waals surface area contributed by atoms with Crippen molar-refractivity contribution >= 4 is 28.9 Å². The molecule has 1 N–H and O–H groups in total. The number of nitro benzene ring substituents is 1. The number of non-ortho nitro benzene ring substituents is 1. The van der Waals surface area contributed by atoms with Crippen molar-refractivity contribution in [3.05, 3.63) is 67.7 Å². The SMILES string of the molecule is CCc1cc([N+](=O)[O-])cc(C)c1NC(=O)c1ccc(C)c(Cl)c1. The Kier molecular flexibility index (Phi) is 5.01. The number of nitrogens with one attached hydrogen (secondary N) is 1. The van der Waals surface area contributed by atoms with E-state index >= 15 is 0 Å². The predicted molar refractivity (Wildman–Crippen MR) is 91.4 cm³/mol. The van der Waals surface area contributed by atoms with Crippen LogP contribution in [0, 0.1) is 24.0 Å². The second-order valence-electron chi connectivity index (χ2n) is 5.33. The summed E-state index contributed by atoms with van der Waals surface area (Å²) in [6, 6.07) is 8.03. The Hall–Kier alpha value is -2.40. The molecule has 0 fully saturated rings. The number of nitro groups is 1. The van der Waals surface area contributed by atoms with Gasteiger partial charge < -0.3 is 5.32 Å². The lowest BCUT2D eigenvalue weighted by atomic mass is 10.0. The number of nitrogens with zero attached hydrogens (tertiary/aromatic N) is 1. The Labute approximate surface area is 139 Å². The van der Waals surface area contributed by atoms with Crippen LogP contribution in [0.25, 0.3) is 0 Å². The summed E-state index contributed by atoms with van der Waals surface area (Å²) in [6.45, 7) is 5.49. The summed E-state index contributed by atoms with van der Waals surface area (Å²) in [5, 5.41) is 14.3. The highest BCUT2D eigenvalue weighted by molar-refractivity contribution is 6.31. The Morgan fingerprint density at radius 1 is 1.22 bits per heavy atom. The molecule has 2 rings (SSSR count). The van der Waals surface area contributed by atoms with E-state index in [0.717, 1.165) is 11.1 Å². The maximum absolute atomic E-state index is 12.4. The van der Waals surface area contributed by atoms with Crippen molar-refractivity contribution < 1.29 is 9.72 Å². The van der Waals surface area contributed by atoms with E-state index in [9.17, 15) is 14.9 Å².